The molecule has 1 heterocycles. The number of carbonyl (C=O) groups is 3. The molecule has 0 aromatic rings. The van der Waals surface area contributed by atoms with Crippen molar-refractivity contribution < 1.29 is 14.4 Å². The molecule has 0 atom stereocenters. The molecule has 0 aromatic carbocycles. The Hall–Kier alpha value is -1.59. The smallest absolute Gasteiger partial charge is 0.325 e. The van der Waals surface area contributed by atoms with E-state index < -0.39 is 11.6 Å². The first-order valence-electron chi connectivity index (χ1n) is 6.77. The molecule has 0 aromatic heterocycles. The fraction of sp³-hybridized carbons (Fsp3) is 0.769. The molecule has 1 spiro atoms. The van der Waals surface area contributed by atoms with Gasteiger partial charge in [0.25, 0.3) is 5.91 Å². The molecular weight excluding hydrogens is 246 g/mol. The highest BCUT2D eigenvalue weighted by molar-refractivity contribution is 6.08. The van der Waals surface area contributed by atoms with Gasteiger partial charge in [-0.05, 0) is 26.7 Å². The van der Waals surface area contributed by atoms with Crippen LogP contribution in [0.3, 0.4) is 0 Å². The number of rotatable bonds is 3. The molecule has 1 saturated carbocycles. The quantitative estimate of drug-likeness (QED) is 0.766. The molecule has 0 unspecified atom stereocenters. The van der Waals surface area contributed by atoms with Gasteiger partial charge in [0.05, 0.1) is 0 Å². The van der Waals surface area contributed by atoms with Gasteiger partial charge < -0.3 is 9.80 Å². The van der Waals surface area contributed by atoms with Gasteiger partial charge in [0.2, 0.25) is 5.91 Å². The monoisotopic (exact) mass is 267 g/mol. The highest BCUT2D eigenvalue weighted by Crippen LogP contribution is 2.38. The SMILES string of the molecule is CC(C)N(C)C(=O)CN1C(=O)NC(=O)C12CCCC2. The first-order chi connectivity index (χ1) is 8.88. The summed E-state index contributed by atoms with van der Waals surface area (Å²) in [6.07, 6.45) is 3.16. The van der Waals surface area contributed by atoms with Crippen LogP contribution >= 0.6 is 0 Å². The summed E-state index contributed by atoms with van der Waals surface area (Å²) in [6.45, 7) is 3.81. The Morgan fingerprint density at radius 2 is 1.95 bits per heavy atom. The maximum absolute atomic E-state index is 12.1. The molecule has 0 bridgehead atoms. The van der Waals surface area contributed by atoms with Gasteiger partial charge in [0.15, 0.2) is 0 Å². The number of amides is 4. The van der Waals surface area contributed by atoms with Crippen LogP contribution in [0.1, 0.15) is 39.5 Å². The van der Waals surface area contributed by atoms with Crippen LogP contribution < -0.4 is 5.32 Å². The van der Waals surface area contributed by atoms with E-state index in [-0.39, 0.29) is 24.4 Å². The van der Waals surface area contributed by atoms with Crippen molar-refractivity contribution in [1.82, 2.24) is 15.1 Å². The first-order valence-corrected chi connectivity index (χ1v) is 6.77. The molecule has 1 N–H and O–H groups in total. The summed E-state index contributed by atoms with van der Waals surface area (Å²) in [7, 11) is 1.71. The lowest BCUT2D eigenvalue weighted by Gasteiger charge is -2.32. The highest BCUT2D eigenvalue weighted by atomic mass is 16.2. The summed E-state index contributed by atoms with van der Waals surface area (Å²) in [6, 6.07) is -0.356. The topological polar surface area (TPSA) is 69.7 Å². The third-order valence-corrected chi connectivity index (χ3v) is 4.30. The Labute approximate surface area is 113 Å². The zero-order chi connectivity index (χ0) is 14.2. The van der Waals surface area contributed by atoms with Crippen LogP contribution in [0.15, 0.2) is 0 Å². The predicted molar refractivity (Wildman–Crippen MR) is 69.3 cm³/mol. The predicted octanol–water partition coefficient (Wildman–Crippen LogP) is 0.718. The second kappa shape index (κ2) is 4.83. The summed E-state index contributed by atoms with van der Waals surface area (Å²) in [4.78, 5) is 39.1. The molecule has 1 aliphatic heterocycles. The van der Waals surface area contributed by atoms with E-state index >= 15 is 0 Å². The molecule has 19 heavy (non-hydrogen) atoms. The zero-order valence-corrected chi connectivity index (χ0v) is 11.7. The van der Waals surface area contributed by atoms with Crippen molar-refractivity contribution >= 4 is 17.8 Å². The van der Waals surface area contributed by atoms with Gasteiger partial charge in [-0.1, -0.05) is 12.8 Å². The summed E-state index contributed by atoms with van der Waals surface area (Å²) < 4.78 is 0. The number of likely N-dealkylation sites (N-methyl/N-ethyl adjacent to an activating group) is 1. The van der Waals surface area contributed by atoms with E-state index in [2.05, 4.69) is 5.32 Å². The molecule has 2 aliphatic rings. The molecular formula is C13H21N3O3. The molecule has 106 valence electrons. The van der Waals surface area contributed by atoms with Gasteiger partial charge in [-0.3, -0.25) is 14.9 Å². The number of hydrogen-bond acceptors (Lipinski definition) is 3. The summed E-state index contributed by atoms with van der Waals surface area (Å²) >= 11 is 0. The van der Waals surface area contributed by atoms with E-state index in [0.717, 1.165) is 12.8 Å². The molecule has 6 heteroatoms. The molecule has 0 radical (unpaired) electrons. The van der Waals surface area contributed by atoms with Crippen LogP contribution in [-0.2, 0) is 9.59 Å². The van der Waals surface area contributed by atoms with Crippen molar-refractivity contribution in [2.45, 2.75) is 51.1 Å². The van der Waals surface area contributed by atoms with E-state index in [1.165, 1.54) is 4.90 Å². The number of hydrogen-bond donors (Lipinski definition) is 1. The minimum Gasteiger partial charge on any atom is -0.342 e. The molecule has 2 fully saturated rings. The third kappa shape index (κ3) is 2.19. The van der Waals surface area contributed by atoms with Crippen molar-refractivity contribution in [3.8, 4) is 0 Å². The van der Waals surface area contributed by atoms with Crippen molar-refractivity contribution in [2.24, 2.45) is 0 Å². The Morgan fingerprint density at radius 3 is 2.47 bits per heavy atom. The van der Waals surface area contributed by atoms with Gasteiger partial charge in [-0.15, -0.1) is 0 Å². The van der Waals surface area contributed by atoms with E-state index in [1.807, 2.05) is 13.8 Å². The Morgan fingerprint density at radius 1 is 1.37 bits per heavy atom. The summed E-state index contributed by atoms with van der Waals surface area (Å²) in [5.41, 5.74) is -0.773. The second-order valence-corrected chi connectivity index (χ2v) is 5.68. The normalized spacial score (nSPS) is 21.4. The average molecular weight is 267 g/mol. The Bertz CT molecular complexity index is 413. The minimum absolute atomic E-state index is 0.0216. The fourth-order valence-corrected chi connectivity index (χ4v) is 2.81. The third-order valence-electron chi connectivity index (χ3n) is 4.30. The van der Waals surface area contributed by atoms with Gasteiger partial charge >= 0.3 is 6.03 Å². The molecule has 4 amide bonds. The van der Waals surface area contributed by atoms with Gasteiger partial charge in [-0.25, -0.2) is 4.79 Å². The number of nitrogens with zero attached hydrogens (tertiary/aromatic N) is 2. The van der Waals surface area contributed by atoms with Crippen molar-refractivity contribution in [1.29, 1.82) is 0 Å². The van der Waals surface area contributed by atoms with Gasteiger partial charge in [0.1, 0.15) is 12.1 Å². The average Bonchev–Trinajstić information content (AvgIpc) is 2.91. The van der Waals surface area contributed by atoms with Gasteiger partial charge in [-0.2, -0.15) is 0 Å². The number of urea groups is 1. The van der Waals surface area contributed by atoms with E-state index in [0.29, 0.717) is 12.8 Å². The maximum Gasteiger partial charge on any atom is 0.325 e. The van der Waals surface area contributed by atoms with Crippen molar-refractivity contribution in [3.63, 3.8) is 0 Å². The van der Waals surface area contributed by atoms with Crippen molar-refractivity contribution in [3.05, 3.63) is 0 Å². The van der Waals surface area contributed by atoms with Crippen molar-refractivity contribution in [2.75, 3.05) is 13.6 Å². The van der Waals surface area contributed by atoms with Crippen LogP contribution in [0.25, 0.3) is 0 Å². The Kier molecular flexibility index (Phi) is 3.52. The van der Waals surface area contributed by atoms with Crippen LogP contribution in [0.2, 0.25) is 0 Å². The lowest BCUT2D eigenvalue weighted by molar-refractivity contribution is -0.134. The van der Waals surface area contributed by atoms with E-state index in [9.17, 15) is 14.4 Å². The molecule has 1 saturated heterocycles. The van der Waals surface area contributed by atoms with E-state index in [4.69, 9.17) is 0 Å². The minimum atomic E-state index is -0.773. The summed E-state index contributed by atoms with van der Waals surface area (Å²) in [5, 5.41) is 2.35. The van der Waals surface area contributed by atoms with E-state index in [1.54, 1.807) is 11.9 Å². The van der Waals surface area contributed by atoms with Crippen LogP contribution in [0, 0.1) is 0 Å². The lowest BCUT2D eigenvalue weighted by atomic mass is 9.96. The second-order valence-electron chi connectivity index (χ2n) is 5.68. The van der Waals surface area contributed by atoms with Crippen LogP contribution in [-0.4, -0.2) is 52.8 Å². The number of imide groups is 1. The largest absolute Gasteiger partial charge is 0.342 e. The van der Waals surface area contributed by atoms with Crippen LogP contribution in [0.5, 0.6) is 0 Å². The number of carbonyl (C=O) groups excluding carboxylic acids is 3. The standard InChI is InChI=1S/C13H21N3O3/c1-9(2)15(3)10(17)8-16-12(19)14-11(18)13(16)6-4-5-7-13/h9H,4-8H2,1-3H3,(H,14,18,19). The molecule has 2 rings (SSSR count). The highest BCUT2D eigenvalue weighted by Gasteiger charge is 2.54. The Balaban J connectivity index is 2.16. The molecule has 6 nitrogen and oxygen atoms in total. The first kappa shape index (κ1) is 13.8. The summed E-state index contributed by atoms with van der Waals surface area (Å²) in [5.74, 6) is -0.374. The maximum atomic E-state index is 12.1. The van der Waals surface area contributed by atoms with Crippen LogP contribution in [0.4, 0.5) is 4.79 Å². The fourth-order valence-electron chi connectivity index (χ4n) is 2.81. The lowest BCUT2D eigenvalue weighted by Crippen LogP contribution is -2.52. The molecule has 1 aliphatic carbocycles. The van der Waals surface area contributed by atoms with Gasteiger partial charge in [0, 0.05) is 13.1 Å². The zero-order valence-electron chi connectivity index (χ0n) is 11.7. The number of nitrogens with one attached hydrogen (secondary N) is 1.